The summed E-state index contributed by atoms with van der Waals surface area (Å²) in [5.74, 6) is 0.731. The minimum Gasteiger partial charge on any atom is -0.493 e. The van der Waals surface area contributed by atoms with Gasteiger partial charge in [-0.3, -0.25) is 9.59 Å². The van der Waals surface area contributed by atoms with Gasteiger partial charge in [0.2, 0.25) is 5.75 Å². The Kier molecular flexibility index (Phi) is 9.16. The zero-order valence-corrected chi connectivity index (χ0v) is 18.4. The Morgan fingerprint density at radius 1 is 0.750 bits per heavy atom. The maximum atomic E-state index is 12.1. The Morgan fingerprint density at radius 3 is 1.88 bits per heavy atom. The molecular weight excluding hydrogens is 416 g/mol. The van der Waals surface area contributed by atoms with E-state index < -0.39 is 11.9 Å². The van der Waals surface area contributed by atoms with E-state index >= 15 is 0 Å². The van der Waals surface area contributed by atoms with Gasteiger partial charge in [0.1, 0.15) is 0 Å². The van der Waals surface area contributed by atoms with Crippen LogP contribution in [0.15, 0.2) is 42.5 Å². The number of carboxylic acid groups (broad SMARTS) is 1. The summed E-state index contributed by atoms with van der Waals surface area (Å²) in [6.45, 7) is 0. The number of carboxylic acids is 1. The second kappa shape index (κ2) is 12.0. The third-order valence-corrected chi connectivity index (χ3v) is 4.31. The molecule has 2 aromatic carbocycles. The summed E-state index contributed by atoms with van der Waals surface area (Å²) in [5, 5.41) is 8.62. The molecule has 2 aromatic rings. The summed E-state index contributed by atoms with van der Waals surface area (Å²) in [4.78, 5) is 22.6. The van der Waals surface area contributed by atoms with Crippen LogP contribution in [0.1, 0.15) is 24.0 Å². The lowest BCUT2D eigenvalue weighted by atomic mass is 10.1. The molecule has 0 atom stereocenters. The molecule has 0 aliphatic rings. The molecule has 0 fully saturated rings. The first-order chi connectivity index (χ1) is 15.4. The monoisotopic (exact) mass is 442 g/mol. The van der Waals surface area contributed by atoms with Crippen molar-refractivity contribution in [2.24, 2.45) is 0 Å². The molecule has 0 aliphatic heterocycles. The quantitative estimate of drug-likeness (QED) is 0.239. The molecule has 0 radical (unpaired) electrons. The molecule has 0 bridgehead atoms. The highest BCUT2D eigenvalue weighted by molar-refractivity contribution is 5.77. The Balaban J connectivity index is 2.21. The number of hydrogen-bond donors (Lipinski definition) is 1. The van der Waals surface area contributed by atoms with E-state index in [-0.39, 0.29) is 18.6 Å². The van der Waals surface area contributed by atoms with E-state index in [0.29, 0.717) is 23.0 Å². The second-order valence-corrected chi connectivity index (χ2v) is 6.45. The van der Waals surface area contributed by atoms with Crippen molar-refractivity contribution in [3.05, 3.63) is 53.6 Å². The average molecular weight is 442 g/mol. The van der Waals surface area contributed by atoms with Crippen molar-refractivity contribution in [1.29, 1.82) is 0 Å². The molecule has 0 heterocycles. The Hall–Kier alpha value is -3.94. The van der Waals surface area contributed by atoms with Crippen LogP contribution >= 0.6 is 0 Å². The lowest BCUT2D eigenvalue weighted by molar-refractivity contribution is -0.136. The molecule has 32 heavy (non-hydrogen) atoms. The van der Waals surface area contributed by atoms with Crippen LogP contribution in [0.5, 0.6) is 28.7 Å². The Labute approximate surface area is 186 Å². The van der Waals surface area contributed by atoms with Crippen LogP contribution in [0.25, 0.3) is 12.2 Å². The standard InChI is InChI=1S/C24H26O8/c1-28-18-12-11-16(13-19(18)32-23(27)8-6-5-7-22(25)26)9-10-17-14-20(29-2)24(31-4)21(15-17)30-3/h5-6,9-15H,7-8H2,1-4H3,(H,25,26)/b6-5+,10-9-. The molecule has 0 aromatic heterocycles. The van der Waals surface area contributed by atoms with E-state index in [1.165, 1.54) is 26.4 Å². The molecule has 8 nitrogen and oxygen atoms in total. The normalized spacial score (nSPS) is 10.9. The van der Waals surface area contributed by atoms with E-state index in [2.05, 4.69) is 0 Å². The molecule has 170 valence electrons. The number of aliphatic carboxylic acids is 1. The molecule has 8 heteroatoms. The largest absolute Gasteiger partial charge is 0.493 e. The third-order valence-electron chi connectivity index (χ3n) is 4.31. The number of esters is 1. The first-order valence-electron chi connectivity index (χ1n) is 9.65. The van der Waals surface area contributed by atoms with Crippen molar-refractivity contribution in [3.8, 4) is 28.7 Å². The molecular formula is C24H26O8. The van der Waals surface area contributed by atoms with Crippen molar-refractivity contribution < 1.29 is 38.4 Å². The van der Waals surface area contributed by atoms with Crippen molar-refractivity contribution in [1.82, 2.24) is 0 Å². The number of rotatable bonds is 11. The fraction of sp³-hybridized carbons (Fsp3) is 0.250. The molecule has 0 saturated carbocycles. The van der Waals surface area contributed by atoms with E-state index in [1.807, 2.05) is 30.4 Å². The third kappa shape index (κ3) is 6.80. The summed E-state index contributed by atoms with van der Waals surface area (Å²) in [6, 6.07) is 8.80. The lowest BCUT2D eigenvalue weighted by Gasteiger charge is -2.13. The van der Waals surface area contributed by atoms with E-state index in [4.69, 9.17) is 28.8 Å². The lowest BCUT2D eigenvalue weighted by Crippen LogP contribution is -2.07. The molecule has 0 amide bonds. The number of carbonyl (C=O) groups excluding carboxylic acids is 1. The molecule has 1 N–H and O–H groups in total. The van der Waals surface area contributed by atoms with Gasteiger partial charge in [-0.05, 0) is 35.4 Å². The van der Waals surface area contributed by atoms with Crippen LogP contribution in [0.4, 0.5) is 0 Å². The highest BCUT2D eigenvalue weighted by atomic mass is 16.6. The van der Waals surface area contributed by atoms with Gasteiger partial charge in [-0.15, -0.1) is 0 Å². The van der Waals surface area contributed by atoms with Gasteiger partial charge in [-0.1, -0.05) is 30.4 Å². The van der Waals surface area contributed by atoms with Crippen LogP contribution in [0.3, 0.4) is 0 Å². The van der Waals surface area contributed by atoms with Gasteiger partial charge in [0.05, 0.1) is 41.3 Å². The van der Waals surface area contributed by atoms with E-state index in [0.717, 1.165) is 11.1 Å². The first kappa shape index (κ1) is 24.3. The van der Waals surface area contributed by atoms with Crippen LogP contribution in [-0.2, 0) is 9.59 Å². The zero-order valence-electron chi connectivity index (χ0n) is 18.4. The number of ether oxygens (including phenoxy) is 5. The fourth-order valence-corrected chi connectivity index (χ4v) is 2.79. The summed E-state index contributed by atoms with van der Waals surface area (Å²) >= 11 is 0. The Bertz CT molecular complexity index is 982. The molecule has 0 saturated heterocycles. The van der Waals surface area contributed by atoms with Crippen LogP contribution in [0, 0.1) is 0 Å². The fourth-order valence-electron chi connectivity index (χ4n) is 2.79. The maximum Gasteiger partial charge on any atom is 0.315 e. The number of hydrogen-bond acceptors (Lipinski definition) is 7. The summed E-state index contributed by atoms with van der Waals surface area (Å²) in [6.07, 6.45) is 6.34. The molecule has 0 aliphatic carbocycles. The van der Waals surface area contributed by atoms with Crippen molar-refractivity contribution in [2.45, 2.75) is 12.8 Å². The van der Waals surface area contributed by atoms with Gasteiger partial charge in [0, 0.05) is 0 Å². The zero-order chi connectivity index (χ0) is 23.5. The second-order valence-electron chi connectivity index (χ2n) is 6.45. The number of benzene rings is 2. The highest BCUT2D eigenvalue weighted by Gasteiger charge is 2.13. The predicted molar refractivity (Wildman–Crippen MR) is 120 cm³/mol. The van der Waals surface area contributed by atoms with Gasteiger partial charge in [-0.2, -0.15) is 0 Å². The van der Waals surface area contributed by atoms with Crippen LogP contribution < -0.4 is 23.7 Å². The minimum atomic E-state index is -0.970. The number of carbonyl (C=O) groups is 2. The predicted octanol–water partition coefficient (Wildman–Crippen LogP) is 4.22. The van der Waals surface area contributed by atoms with Gasteiger partial charge in [0.15, 0.2) is 23.0 Å². The highest BCUT2D eigenvalue weighted by Crippen LogP contribution is 2.38. The summed E-state index contributed by atoms with van der Waals surface area (Å²) < 4.78 is 26.7. The van der Waals surface area contributed by atoms with E-state index in [1.54, 1.807) is 26.4 Å². The molecule has 0 spiro atoms. The van der Waals surface area contributed by atoms with Crippen molar-refractivity contribution in [3.63, 3.8) is 0 Å². The summed E-state index contributed by atoms with van der Waals surface area (Å²) in [7, 11) is 6.11. The maximum absolute atomic E-state index is 12.1. The summed E-state index contributed by atoms with van der Waals surface area (Å²) in [5.41, 5.74) is 1.58. The van der Waals surface area contributed by atoms with Gasteiger partial charge < -0.3 is 28.8 Å². The van der Waals surface area contributed by atoms with Crippen molar-refractivity contribution >= 4 is 24.1 Å². The number of methoxy groups -OCH3 is 4. The first-order valence-corrected chi connectivity index (χ1v) is 9.65. The van der Waals surface area contributed by atoms with Crippen LogP contribution in [-0.4, -0.2) is 45.5 Å². The molecule has 2 rings (SSSR count). The Morgan fingerprint density at radius 2 is 1.31 bits per heavy atom. The van der Waals surface area contributed by atoms with Gasteiger partial charge in [0.25, 0.3) is 0 Å². The smallest absolute Gasteiger partial charge is 0.315 e. The topological polar surface area (TPSA) is 101 Å². The minimum absolute atomic E-state index is 0.0536. The van der Waals surface area contributed by atoms with Gasteiger partial charge in [-0.25, -0.2) is 0 Å². The SMILES string of the molecule is COc1ccc(/C=C\c2cc(OC)c(OC)c(OC)c2)cc1OC(=O)C/C=C/CC(=O)O. The van der Waals surface area contributed by atoms with Gasteiger partial charge >= 0.3 is 11.9 Å². The van der Waals surface area contributed by atoms with Crippen molar-refractivity contribution in [2.75, 3.05) is 28.4 Å². The average Bonchev–Trinajstić information content (AvgIpc) is 2.79. The van der Waals surface area contributed by atoms with Crippen LogP contribution in [0.2, 0.25) is 0 Å². The van der Waals surface area contributed by atoms with E-state index in [9.17, 15) is 9.59 Å². The molecule has 0 unspecified atom stereocenters.